The third-order valence-electron chi connectivity index (χ3n) is 1.75. The molecule has 0 bridgehead atoms. The first-order valence-corrected chi connectivity index (χ1v) is 3.80. The first-order chi connectivity index (χ1) is 4.93. The van der Waals surface area contributed by atoms with E-state index in [1.54, 1.807) is 0 Å². The molecular weight excluding hydrogens is 169 g/mol. The van der Waals surface area contributed by atoms with Gasteiger partial charge in [0.2, 0.25) is 0 Å². The summed E-state index contributed by atoms with van der Waals surface area (Å²) in [5.74, 6) is 0. The van der Waals surface area contributed by atoms with Crippen molar-refractivity contribution in [2.45, 2.75) is 18.9 Å². The number of ether oxygens (including phenoxy) is 1. The number of hydrogen-bond acceptors (Lipinski definition) is 2. The number of hydrogen-bond donors (Lipinski definition) is 1. The molecule has 0 spiro atoms. The van der Waals surface area contributed by atoms with Crippen LogP contribution >= 0.6 is 12.4 Å². The van der Waals surface area contributed by atoms with Gasteiger partial charge in [0.1, 0.15) is 6.67 Å². The Hall–Kier alpha value is 0.140. The zero-order chi connectivity index (χ0) is 7.23. The SMILES string of the molecule is Cl.FCCNC1CCOCC1. The molecule has 0 atom stereocenters. The van der Waals surface area contributed by atoms with Crippen molar-refractivity contribution in [2.24, 2.45) is 0 Å². The zero-order valence-corrected chi connectivity index (χ0v) is 7.33. The van der Waals surface area contributed by atoms with E-state index in [2.05, 4.69) is 5.32 Å². The topological polar surface area (TPSA) is 21.3 Å². The van der Waals surface area contributed by atoms with Gasteiger partial charge in [-0.05, 0) is 12.8 Å². The second-order valence-corrected chi connectivity index (χ2v) is 2.53. The number of rotatable bonds is 3. The van der Waals surface area contributed by atoms with Crippen LogP contribution in [0.4, 0.5) is 4.39 Å². The van der Waals surface area contributed by atoms with Crippen molar-refractivity contribution in [3.63, 3.8) is 0 Å². The predicted molar refractivity (Wildman–Crippen MR) is 45.1 cm³/mol. The molecule has 11 heavy (non-hydrogen) atoms. The fourth-order valence-electron chi connectivity index (χ4n) is 1.16. The van der Waals surface area contributed by atoms with Crippen molar-refractivity contribution in [1.82, 2.24) is 5.32 Å². The van der Waals surface area contributed by atoms with E-state index in [0.29, 0.717) is 12.6 Å². The van der Waals surface area contributed by atoms with Gasteiger partial charge >= 0.3 is 0 Å². The highest BCUT2D eigenvalue weighted by Crippen LogP contribution is 2.05. The maximum Gasteiger partial charge on any atom is 0.102 e. The van der Waals surface area contributed by atoms with Crippen LogP contribution in [0, 0.1) is 0 Å². The van der Waals surface area contributed by atoms with Crippen LogP contribution in [0.3, 0.4) is 0 Å². The van der Waals surface area contributed by atoms with Gasteiger partial charge in [-0.2, -0.15) is 0 Å². The molecule has 68 valence electrons. The Labute approximate surface area is 72.9 Å². The Bertz CT molecular complexity index is 88.5. The first-order valence-electron chi connectivity index (χ1n) is 3.80. The minimum atomic E-state index is -0.267. The number of halogens is 2. The highest BCUT2D eigenvalue weighted by atomic mass is 35.5. The lowest BCUT2D eigenvalue weighted by molar-refractivity contribution is 0.0776. The molecule has 0 radical (unpaired) electrons. The van der Waals surface area contributed by atoms with E-state index < -0.39 is 0 Å². The van der Waals surface area contributed by atoms with Crippen molar-refractivity contribution in [1.29, 1.82) is 0 Å². The van der Waals surface area contributed by atoms with Crippen molar-refractivity contribution >= 4 is 12.4 Å². The lowest BCUT2D eigenvalue weighted by Gasteiger charge is -2.22. The molecule has 0 aliphatic carbocycles. The van der Waals surface area contributed by atoms with E-state index >= 15 is 0 Å². The second-order valence-electron chi connectivity index (χ2n) is 2.53. The summed E-state index contributed by atoms with van der Waals surface area (Å²) >= 11 is 0. The first kappa shape index (κ1) is 11.1. The van der Waals surface area contributed by atoms with Gasteiger partial charge in [0, 0.05) is 25.8 Å². The Morgan fingerprint density at radius 3 is 2.55 bits per heavy atom. The van der Waals surface area contributed by atoms with Gasteiger partial charge in [-0.3, -0.25) is 0 Å². The van der Waals surface area contributed by atoms with Gasteiger partial charge < -0.3 is 10.1 Å². The predicted octanol–water partition coefficient (Wildman–Crippen LogP) is 1.15. The van der Waals surface area contributed by atoms with E-state index in [1.807, 2.05) is 0 Å². The molecule has 1 N–H and O–H groups in total. The molecule has 0 aromatic rings. The molecule has 0 aromatic heterocycles. The van der Waals surface area contributed by atoms with Gasteiger partial charge in [-0.1, -0.05) is 0 Å². The second kappa shape index (κ2) is 6.83. The fraction of sp³-hybridized carbons (Fsp3) is 1.00. The molecule has 1 rings (SSSR count). The molecule has 1 aliphatic heterocycles. The van der Waals surface area contributed by atoms with Crippen molar-refractivity contribution in [3.8, 4) is 0 Å². The van der Waals surface area contributed by atoms with Gasteiger partial charge in [0.25, 0.3) is 0 Å². The Morgan fingerprint density at radius 1 is 1.36 bits per heavy atom. The summed E-state index contributed by atoms with van der Waals surface area (Å²) in [5.41, 5.74) is 0. The monoisotopic (exact) mass is 183 g/mol. The van der Waals surface area contributed by atoms with Crippen molar-refractivity contribution in [3.05, 3.63) is 0 Å². The van der Waals surface area contributed by atoms with Gasteiger partial charge in [-0.15, -0.1) is 12.4 Å². The molecule has 0 aromatic carbocycles. The maximum atomic E-state index is 11.7. The molecule has 0 saturated carbocycles. The third-order valence-corrected chi connectivity index (χ3v) is 1.75. The molecule has 1 fully saturated rings. The van der Waals surface area contributed by atoms with Crippen LogP contribution in [0.15, 0.2) is 0 Å². The van der Waals surface area contributed by atoms with E-state index in [-0.39, 0.29) is 19.1 Å². The van der Waals surface area contributed by atoms with Crippen molar-refractivity contribution in [2.75, 3.05) is 26.4 Å². The van der Waals surface area contributed by atoms with Crippen LogP contribution in [-0.4, -0.2) is 32.5 Å². The van der Waals surface area contributed by atoms with E-state index in [9.17, 15) is 4.39 Å². The Morgan fingerprint density at radius 2 is 2.00 bits per heavy atom. The highest BCUT2D eigenvalue weighted by Gasteiger charge is 2.11. The molecule has 4 heteroatoms. The smallest absolute Gasteiger partial charge is 0.102 e. The van der Waals surface area contributed by atoms with Crippen molar-refractivity contribution < 1.29 is 9.13 Å². The van der Waals surface area contributed by atoms with Crippen LogP contribution in [0.25, 0.3) is 0 Å². The molecule has 1 saturated heterocycles. The summed E-state index contributed by atoms with van der Waals surface area (Å²) < 4.78 is 16.8. The normalized spacial score (nSPS) is 19.4. The summed E-state index contributed by atoms with van der Waals surface area (Å²) in [7, 11) is 0. The summed E-state index contributed by atoms with van der Waals surface area (Å²) in [4.78, 5) is 0. The van der Waals surface area contributed by atoms with E-state index in [0.717, 1.165) is 26.1 Å². The minimum Gasteiger partial charge on any atom is -0.381 e. The Kier molecular flexibility index (Phi) is 6.91. The van der Waals surface area contributed by atoms with Crippen LogP contribution in [0.2, 0.25) is 0 Å². The lowest BCUT2D eigenvalue weighted by Crippen LogP contribution is -2.35. The highest BCUT2D eigenvalue weighted by molar-refractivity contribution is 5.85. The van der Waals surface area contributed by atoms with Gasteiger partial charge in [0.05, 0.1) is 0 Å². The molecule has 0 amide bonds. The zero-order valence-electron chi connectivity index (χ0n) is 6.51. The van der Waals surface area contributed by atoms with Gasteiger partial charge in [0.15, 0.2) is 0 Å². The van der Waals surface area contributed by atoms with Gasteiger partial charge in [-0.25, -0.2) is 4.39 Å². The standard InChI is InChI=1S/C7H14FNO.ClH/c8-3-4-9-7-1-5-10-6-2-7;/h7,9H,1-6H2;1H. The van der Waals surface area contributed by atoms with E-state index in [1.165, 1.54) is 0 Å². The summed E-state index contributed by atoms with van der Waals surface area (Å²) in [6.07, 6.45) is 2.06. The fourth-order valence-corrected chi connectivity index (χ4v) is 1.16. The molecule has 2 nitrogen and oxygen atoms in total. The number of nitrogens with one attached hydrogen (secondary N) is 1. The summed E-state index contributed by atoms with van der Waals surface area (Å²) in [6, 6.07) is 0.490. The average molecular weight is 184 g/mol. The van der Waals surface area contributed by atoms with Crippen LogP contribution in [-0.2, 0) is 4.74 Å². The minimum absolute atomic E-state index is 0. The third kappa shape index (κ3) is 4.56. The molecular formula is C7H15ClFNO. The van der Waals surface area contributed by atoms with E-state index in [4.69, 9.17) is 4.74 Å². The summed E-state index contributed by atoms with van der Waals surface area (Å²) in [5, 5.41) is 3.12. The molecule has 1 aliphatic rings. The maximum absolute atomic E-state index is 11.7. The lowest BCUT2D eigenvalue weighted by atomic mass is 10.1. The molecule has 0 unspecified atom stereocenters. The van der Waals surface area contributed by atoms with Crippen LogP contribution in [0.1, 0.15) is 12.8 Å². The van der Waals surface area contributed by atoms with Crippen LogP contribution in [0.5, 0.6) is 0 Å². The molecule has 1 heterocycles. The average Bonchev–Trinajstić information content (AvgIpc) is 2.03. The summed E-state index contributed by atoms with van der Waals surface area (Å²) in [6.45, 7) is 1.87. The largest absolute Gasteiger partial charge is 0.381 e. The quantitative estimate of drug-likeness (QED) is 0.709. The Balaban J connectivity index is 0.000001000. The number of alkyl halides is 1. The van der Waals surface area contributed by atoms with Crippen LogP contribution < -0.4 is 5.32 Å².